The molecular weight excluding hydrogens is 290 g/mol. The van der Waals surface area contributed by atoms with Crippen LogP contribution in [0, 0.1) is 0 Å². The molecule has 0 aromatic heterocycles. The molecule has 2 aliphatic heterocycles. The van der Waals surface area contributed by atoms with Crippen LogP contribution in [-0.4, -0.2) is 60.0 Å². The van der Waals surface area contributed by atoms with Gasteiger partial charge in [0.25, 0.3) is 0 Å². The van der Waals surface area contributed by atoms with Gasteiger partial charge in [-0.15, -0.1) is 4.28 Å². The summed E-state index contributed by atoms with van der Waals surface area (Å²) in [7, 11) is -4.75. The Kier molecular flexibility index (Phi) is 4.16. The lowest BCUT2D eigenvalue weighted by Crippen LogP contribution is -2.49. The van der Waals surface area contributed by atoms with Gasteiger partial charge in [0.2, 0.25) is 5.91 Å². The number of nitrogens with zero attached hydrogens (tertiary/aromatic N) is 2. The number of hydrogen-bond donors (Lipinski definition) is 2. The zero-order valence-electron chi connectivity index (χ0n) is 11.0. The molecule has 0 radical (unpaired) electrons. The molecule has 0 spiro atoms. The van der Waals surface area contributed by atoms with Crippen molar-refractivity contribution >= 4 is 22.3 Å². The first kappa shape index (κ1) is 15.0. The van der Waals surface area contributed by atoms with E-state index >= 15 is 0 Å². The standard InChI is InChI=1S/C10H17N3O6S/c1-2-5-11-9(14)8-4-3-7-6-12(8)10(15)13(7)19-20(16,17)18/h7-8H,2-6H2,1H3,(H,11,14)(H,16,17,18)/t7-,8+/m1/s1. The molecule has 2 atom stereocenters. The highest BCUT2D eigenvalue weighted by Gasteiger charge is 2.49. The maximum Gasteiger partial charge on any atom is 0.418 e. The van der Waals surface area contributed by atoms with Crippen molar-refractivity contribution in [2.45, 2.75) is 38.3 Å². The summed E-state index contributed by atoms with van der Waals surface area (Å²) in [5.74, 6) is -0.257. The van der Waals surface area contributed by atoms with E-state index in [2.05, 4.69) is 9.60 Å². The van der Waals surface area contributed by atoms with Crippen molar-refractivity contribution in [3.8, 4) is 0 Å². The number of hydroxylamine groups is 2. The third-order valence-corrected chi connectivity index (χ3v) is 3.70. The van der Waals surface area contributed by atoms with Crippen molar-refractivity contribution < 1.29 is 26.8 Å². The molecule has 10 heteroatoms. The highest BCUT2D eigenvalue weighted by atomic mass is 32.3. The Morgan fingerprint density at radius 3 is 2.80 bits per heavy atom. The van der Waals surface area contributed by atoms with Crippen LogP contribution in [0.5, 0.6) is 0 Å². The second-order valence-electron chi connectivity index (χ2n) is 4.80. The Morgan fingerprint density at radius 2 is 2.20 bits per heavy atom. The van der Waals surface area contributed by atoms with Crippen molar-refractivity contribution in [2.75, 3.05) is 13.1 Å². The van der Waals surface area contributed by atoms with E-state index < -0.39 is 28.5 Å². The van der Waals surface area contributed by atoms with Gasteiger partial charge in [-0.2, -0.15) is 13.5 Å². The normalized spacial score (nSPS) is 26.0. The molecule has 2 bridgehead atoms. The van der Waals surface area contributed by atoms with Gasteiger partial charge in [0.1, 0.15) is 6.04 Å². The number of hydrogen-bond acceptors (Lipinski definition) is 5. The van der Waals surface area contributed by atoms with Crippen LogP contribution in [0.3, 0.4) is 0 Å². The lowest BCUT2D eigenvalue weighted by Gasteiger charge is -2.29. The van der Waals surface area contributed by atoms with E-state index in [1.807, 2.05) is 6.92 Å². The number of fused-ring (bicyclic) bond motifs is 2. The second kappa shape index (κ2) is 5.54. The fourth-order valence-electron chi connectivity index (χ4n) is 2.47. The molecule has 3 amide bonds. The number of amides is 3. The van der Waals surface area contributed by atoms with E-state index in [0.717, 1.165) is 6.42 Å². The van der Waals surface area contributed by atoms with Gasteiger partial charge in [-0.05, 0) is 19.3 Å². The zero-order valence-corrected chi connectivity index (χ0v) is 11.8. The molecule has 2 aliphatic rings. The molecule has 2 N–H and O–H groups in total. The van der Waals surface area contributed by atoms with Crippen molar-refractivity contribution in [2.24, 2.45) is 0 Å². The van der Waals surface area contributed by atoms with Crippen molar-refractivity contribution in [3.05, 3.63) is 0 Å². The topological polar surface area (TPSA) is 116 Å². The fourth-order valence-corrected chi connectivity index (χ4v) is 2.86. The monoisotopic (exact) mass is 307 g/mol. The van der Waals surface area contributed by atoms with Gasteiger partial charge >= 0.3 is 16.4 Å². The Labute approximate surface area is 116 Å². The second-order valence-corrected chi connectivity index (χ2v) is 5.81. The minimum Gasteiger partial charge on any atom is -0.354 e. The molecule has 0 unspecified atom stereocenters. The number of nitrogens with one attached hydrogen (secondary N) is 1. The zero-order chi connectivity index (χ0) is 14.9. The van der Waals surface area contributed by atoms with E-state index in [0.29, 0.717) is 24.4 Å². The Hall–Kier alpha value is -1.39. The summed E-state index contributed by atoms with van der Waals surface area (Å²) >= 11 is 0. The van der Waals surface area contributed by atoms with Crippen LogP contribution in [-0.2, 0) is 19.5 Å². The van der Waals surface area contributed by atoms with Gasteiger partial charge in [0.15, 0.2) is 0 Å². The summed E-state index contributed by atoms with van der Waals surface area (Å²) in [5, 5.41) is 3.34. The number of piperidine rings is 1. The average molecular weight is 307 g/mol. The summed E-state index contributed by atoms with van der Waals surface area (Å²) in [5.41, 5.74) is 0. The van der Waals surface area contributed by atoms with Crippen LogP contribution in [0.1, 0.15) is 26.2 Å². The molecule has 0 aromatic carbocycles. The fraction of sp³-hybridized carbons (Fsp3) is 0.800. The maximum absolute atomic E-state index is 12.0. The summed E-state index contributed by atoms with van der Waals surface area (Å²) in [6, 6.07) is -1.82. The summed E-state index contributed by atoms with van der Waals surface area (Å²) in [4.78, 5) is 25.2. The molecule has 2 saturated heterocycles. The van der Waals surface area contributed by atoms with Gasteiger partial charge in [-0.3, -0.25) is 9.35 Å². The van der Waals surface area contributed by atoms with Crippen molar-refractivity contribution in [3.63, 3.8) is 0 Å². The smallest absolute Gasteiger partial charge is 0.354 e. The van der Waals surface area contributed by atoms with E-state index in [1.54, 1.807) is 0 Å². The number of carbonyl (C=O) groups excluding carboxylic acids is 2. The molecule has 9 nitrogen and oxygen atoms in total. The third-order valence-electron chi connectivity index (χ3n) is 3.35. The minimum atomic E-state index is -4.75. The number of carbonyl (C=O) groups is 2. The molecule has 2 heterocycles. The van der Waals surface area contributed by atoms with Crippen LogP contribution in [0.25, 0.3) is 0 Å². The molecule has 0 aromatic rings. The SMILES string of the molecule is CCCNC(=O)[C@@H]1CC[C@@H]2CN1C(=O)N2OS(=O)(=O)O. The van der Waals surface area contributed by atoms with Gasteiger partial charge in [-0.1, -0.05) is 6.92 Å². The first-order chi connectivity index (χ1) is 9.33. The predicted molar refractivity (Wildman–Crippen MR) is 66.7 cm³/mol. The number of rotatable bonds is 5. The van der Waals surface area contributed by atoms with Crippen LogP contribution < -0.4 is 5.32 Å². The highest BCUT2D eigenvalue weighted by Crippen LogP contribution is 2.30. The Bertz CT molecular complexity index is 507. The van der Waals surface area contributed by atoms with Crippen LogP contribution >= 0.6 is 0 Å². The third kappa shape index (κ3) is 3.02. The van der Waals surface area contributed by atoms with E-state index in [1.165, 1.54) is 4.90 Å². The van der Waals surface area contributed by atoms with Crippen LogP contribution in [0.15, 0.2) is 0 Å². The highest BCUT2D eigenvalue weighted by molar-refractivity contribution is 7.80. The first-order valence-electron chi connectivity index (χ1n) is 6.38. The van der Waals surface area contributed by atoms with Crippen LogP contribution in [0.2, 0.25) is 0 Å². The van der Waals surface area contributed by atoms with Crippen LogP contribution in [0.4, 0.5) is 4.79 Å². The largest absolute Gasteiger partial charge is 0.418 e. The van der Waals surface area contributed by atoms with Gasteiger partial charge in [-0.25, -0.2) is 4.79 Å². The molecule has 0 saturated carbocycles. The molecule has 2 rings (SSSR count). The van der Waals surface area contributed by atoms with E-state index in [4.69, 9.17) is 4.55 Å². The van der Waals surface area contributed by atoms with Crippen molar-refractivity contribution in [1.29, 1.82) is 0 Å². The minimum absolute atomic E-state index is 0.207. The summed E-state index contributed by atoms with van der Waals surface area (Å²) < 4.78 is 34.4. The Balaban J connectivity index is 2.07. The van der Waals surface area contributed by atoms with E-state index in [9.17, 15) is 18.0 Å². The maximum atomic E-state index is 12.0. The molecule has 0 aliphatic carbocycles. The van der Waals surface area contributed by atoms with Gasteiger partial charge in [0, 0.05) is 13.1 Å². The van der Waals surface area contributed by atoms with Gasteiger partial charge < -0.3 is 10.2 Å². The quantitative estimate of drug-likeness (QED) is 0.662. The lowest BCUT2D eigenvalue weighted by atomic mass is 10.0. The van der Waals surface area contributed by atoms with Gasteiger partial charge in [0.05, 0.1) is 6.04 Å². The molecular formula is C10H17N3O6S. The Morgan fingerprint density at radius 1 is 1.50 bits per heavy atom. The summed E-state index contributed by atoms with van der Waals surface area (Å²) in [6.07, 6.45) is 1.65. The first-order valence-corrected chi connectivity index (χ1v) is 7.74. The predicted octanol–water partition coefficient (Wildman–Crippen LogP) is -0.484. The van der Waals surface area contributed by atoms with E-state index in [-0.39, 0.29) is 12.5 Å². The molecule has 2 fully saturated rings. The lowest BCUT2D eigenvalue weighted by molar-refractivity contribution is -0.126. The molecule has 114 valence electrons. The molecule has 20 heavy (non-hydrogen) atoms. The summed E-state index contributed by atoms with van der Waals surface area (Å²) in [6.45, 7) is 2.64. The average Bonchev–Trinajstić information content (AvgIpc) is 2.60. The van der Waals surface area contributed by atoms with Crippen molar-refractivity contribution in [1.82, 2.24) is 15.3 Å². The number of urea groups is 1.